The van der Waals surface area contributed by atoms with E-state index in [4.69, 9.17) is 4.74 Å². The molecule has 2 N–H and O–H groups in total. The van der Waals surface area contributed by atoms with Crippen LogP contribution in [0.3, 0.4) is 0 Å². The minimum absolute atomic E-state index is 0.212. The summed E-state index contributed by atoms with van der Waals surface area (Å²) in [5.41, 5.74) is 4.41. The molecule has 32 heavy (non-hydrogen) atoms. The Kier molecular flexibility index (Phi) is 6.07. The number of hydrogen-bond donors (Lipinski definition) is 2. The predicted octanol–water partition coefficient (Wildman–Crippen LogP) is 4.04. The van der Waals surface area contributed by atoms with Gasteiger partial charge >= 0.3 is 0 Å². The first-order chi connectivity index (χ1) is 15.5. The largest absolute Gasteiger partial charge is 0.497 e. The van der Waals surface area contributed by atoms with Gasteiger partial charge in [0.25, 0.3) is 5.91 Å². The number of nitrogens with zero attached hydrogens (tertiary/aromatic N) is 2. The van der Waals surface area contributed by atoms with Crippen LogP contribution in [0.2, 0.25) is 0 Å². The van der Waals surface area contributed by atoms with Crippen molar-refractivity contribution in [3.05, 3.63) is 77.1 Å². The van der Waals surface area contributed by atoms with E-state index in [2.05, 4.69) is 15.7 Å². The summed E-state index contributed by atoms with van der Waals surface area (Å²) in [6.07, 6.45) is 5.17. The molecule has 0 radical (unpaired) electrons. The molecule has 4 rings (SSSR count). The van der Waals surface area contributed by atoms with Crippen LogP contribution in [-0.2, 0) is 4.79 Å². The zero-order valence-electron chi connectivity index (χ0n) is 18.4. The molecule has 0 unspecified atom stereocenters. The van der Waals surface area contributed by atoms with Gasteiger partial charge in [-0.15, -0.1) is 0 Å². The number of amides is 2. The standard InChI is InChI=1S/C25H26N4O3/c1-16-21(17(2)29(28-16)19-7-5-4-6-8-19)12-14-24(30)27-23-13-11-20(32-3)15-22(23)25(31)26-18-9-10-18/h4-8,11-15,18H,9-10H2,1-3H3,(H,26,31)(H,27,30)/b14-12+. The van der Waals surface area contributed by atoms with E-state index in [-0.39, 0.29) is 17.9 Å². The van der Waals surface area contributed by atoms with Crippen LogP contribution in [0.4, 0.5) is 5.69 Å². The number of anilines is 1. The molecule has 1 aliphatic carbocycles. The molecule has 2 aromatic carbocycles. The Labute approximate surface area is 187 Å². The highest BCUT2D eigenvalue weighted by Gasteiger charge is 2.25. The average molecular weight is 431 g/mol. The fraction of sp³-hybridized carbons (Fsp3) is 0.240. The Morgan fingerprint density at radius 1 is 1.12 bits per heavy atom. The highest BCUT2D eigenvalue weighted by molar-refractivity contribution is 6.08. The lowest BCUT2D eigenvalue weighted by molar-refractivity contribution is -0.111. The molecule has 1 fully saturated rings. The number of aromatic nitrogens is 2. The molecule has 0 saturated heterocycles. The van der Waals surface area contributed by atoms with Crippen LogP contribution in [-0.4, -0.2) is 34.7 Å². The van der Waals surface area contributed by atoms with Crippen LogP contribution >= 0.6 is 0 Å². The maximum absolute atomic E-state index is 12.7. The van der Waals surface area contributed by atoms with E-state index < -0.39 is 0 Å². The number of hydrogen-bond acceptors (Lipinski definition) is 4. The number of nitrogens with one attached hydrogen (secondary N) is 2. The van der Waals surface area contributed by atoms with Gasteiger partial charge in [-0.25, -0.2) is 4.68 Å². The minimum atomic E-state index is -0.332. The van der Waals surface area contributed by atoms with E-state index >= 15 is 0 Å². The molecule has 0 spiro atoms. The highest BCUT2D eigenvalue weighted by Crippen LogP contribution is 2.25. The second-order valence-electron chi connectivity index (χ2n) is 7.81. The second kappa shape index (κ2) is 9.09. The summed E-state index contributed by atoms with van der Waals surface area (Å²) < 4.78 is 7.10. The lowest BCUT2D eigenvalue weighted by Gasteiger charge is -2.12. The SMILES string of the molecule is COc1ccc(NC(=O)/C=C/c2c(C)nn(-c3ccccc3)c2C)c(C(=O)NC2CC2)c1. The third-order valence-corrected chi connectivity index (χ3v) is 5.39. The Balaban J connectivity index is 1.53. The van der Waals surface area contributed by atoms with Crippen molar-refractivity contribution >= 4 is 23.6 Å². The summed E-state index contributed by atoms with van der Waals surface area (Å²) in [6.45, 7) is 3.88. The van der Waals surface area contributed by atoms with Crippen LogP contribution in [0.1, 0.15) is 40.2 Å². The fourth-order valence-electron chi connectivity index (χ4n) is 3.49. The molecule has 3 aromatic rings. The van der Waals surface area contributed by atoms with Crippen molar-refractivity contribution in [3.8, 4) is 11.4 Å². The summed E-state index contributed by atoms with van der Waals surface area (Å²) in [7, 11) is 1.54. The Hall–Kier alpha value is -3.87. The fourth-order valence-corrected chi connectivity index (χ4v) is 3.49. The average Bonchev–Trinajstić information content (AvgIpc) is 3.57. The second-order valence-corrected chi connectivity index (χ2v) is 7.81. The summed E-state index contributed by atoms with van der Waals surface area (Å²) in [5, 5.41) is 10.4. The van der Waals surface area contributed by atoms with E-state index in [1.54, 1.807) is 31.4 Å². The number of ether oxygens (including phenoxy) is 1. The Morgan fingerprint density at radius 3 is 2.56 bits per heavy atom. The quantitative estimate of drug-likeness (QED) is 0.554. The van der Waals surface area contributed by atoms with Gasteiger partial charge in [0.15, 0.2) is 0 Å². The number of methoxy groups -OCH3 is 1. The normalized spacial score (nSPS) is 13.2. The summed E-state index contributed by atoms with van der Waals surface area (Å²) in [4.78, 5) is 25.3. The van der Waals surface area contributed by atoms with Crippen LogP contribution in [0, 0.1) is 13.8 Å². The van der Waals surface area contributed by atoms with Crippen molar-refractivity contribution in [2.24, 2.45) is 0 Å². The lowest BCUT2D eigenvalue weighted by atomic mass is 10.1. The molecular formula is C25H26N4O3. The first kappa shape index (κ1) is 21.4. The number of carbonyl (C=O) groups is 2. The third kappa shape index (κ3) is 4.72. The molecule has 2 amide bonds. The number of benzene rings is 2. The predicted molar refractivity (Wildman–Crippen MR) is 124 cm³/mol. The number of rotatable bonds is 7. The van der Waals surface area contributed by atoms with Gasteiger partial charge in [0.1, 0.15) is 5.75 Å². The van der Waals surface area contributed by atoms with Gasteiger partial charge < -0.3 is 15.4 Å². The number of para-hydroxylation sites is 1. The van der Waals surface area contributed by atoms with Crippen molar-refractivity contribution in [3.63, 3.8) is 0 Å². The molecule has 164 valence electrons. The van der Waals surface area contributed by atoms with E-state index in [0.717, 1.165) is 35.5 Å². The first-order valence-electron chi connectivity index (χ1n) is 10.6. The maximum atomic E-state index is 12.7. The van der Waals surface area contributed by atoms with E-state index in [9.17, 15) is 9.59 Å². The van der Waals surface area contributed by atoms with Crippen LogP contribution in [0.15, 0.2) is 54.6 Å². The molecule has 1 aromatic heterocycles. The monoisotopic (exact) mass is 430 g/mol. The smallest absolute Gasteiger partial charge is 0.253 e. The maximum Gasteiger partial charge on any atom is 0.253 e. The van der Waals surface area contributed by atoms with Gasteiger partial charge in [-0.1, -0.05) is 18.2 Å². The van der Waals surface area contributed by atoms with Gasteiger partial charge in [0.2, 0.25) is 5.91 Å². The summed E-state index contributed by atoms with van der Waals surface area (Å²) in [6, 6.07) is 15.1. The lowest BCUT2D eigenvalue weighted by Crippen LogP contribution is -2.26. The van der Waals surface area contributed by atoms with E-state index in [1.165, 1.54) is 6.08 Å². The molecule has 7 heteroatoms. The van der Waals surface area contributed by atoms with E-state index in [0.29, 0.717) is 17.0 Å². The zero-order valence-corrected chi connectivity index (χ0v) is 18.4. The summed E-state index contributed by atoms with van der Waals surface area (Å²) >= 11 is 0. The third-order valence-electron chi connectivity index (χ3n) is 5.39. The van der Waals surface area contributed by atoms with Crippen LogP contribution in [0.5, 0.6) is 5.75 Å². The van der Waals surface area contributed by atoms with Crippen molar-refractivity contribution in [2.45, 2.75) is 32.7 Å². The van der Waals surface area contributed by atoms with Gasteiger partial charge in [-0.2, -0.15) is 5.10 Å². The van der Waals surface area contributed by atoms with Crippen molar-refractivity contribution in [1.82, 2.24) is 15.1 Å². The Bertz CT molecular complexity index is 1180. The first-order valence-corrected chi connectivity index (χ1v) is 10.6. The van der Waals surface area contributed by atoms with Gasteiger partial charge in [-0.3, -0.25) is 9.59 Å². The summed E-state index contributed by atoms with van der Waals surface area (Å²) in [5.74, 6) is 0.00229. The van der Waals surface area contributed by atoms with Crippen molar-refractivity contribution in [2.75, 3.05) is 12.4 Å². The van der Waals surface area contributed by atoms with Gasteiger partial charge in [-0.05, 0) is 63.1 Å². The topological polar surface area (TPSA) is 85.2 Å². The Morgan fingerprint density at radius 2 is 1.88 bits per heavy atom. The molecule has 0 atom stereocenters. The number of carbonyl (C=O) groups excluding carboxylic acids is 2. The van der Waals surface area contributed by atoms with Crippen LogP contribution < -0.4 is 15.4 Å². The van der Waals surface area contributed by atoms with Gasteiger partial charge in [0.05, 0.1) is 29.7 Å². The molecule has 7 nitrogen and oxygen atoms in total. The highest BCUT2D eigenvalue weighted by atomic mass is 16.5. The molecule has 0 bridgehead atoms. The van der Waals surface area contributed by atoms with Crippen molar-refractivity contribution < 1.29 is 14.3 Å². The van der Waals surface area contributed by atoms with E-state index in [1.807, 2.05) is 48.9 Å². The molecule has 0 aliphatic heterocycles. The molecule has 1 saturated carbocycles. The zero-order chi connectivity index (χ0) is 22.7. The molecule has 1 aliphatic rings. The molecule has 1 heterocycles. The minimum Gasteiger partial charge on any atom is -0.497 e. The number of aryl methyl sites for hydroxylation is 1. The molecular weight excluding hydrogens is 404 g/mol. The van der Waals surface area contributed by atoms with Crippen LogP contribution in [0.25, 0.3) is 11.8 Å². The van der Waals surface area contributed by atoms with Gasteiger partial charge in [0, 0.05) is 23.4 Å². The van der Waals surface area contributed by atoms with Crippen molar-refractivity contribution in [1.29, 1.82) is 0 Å².